The third-order valence-electron chi connectivity index (χ3n) is 3.70. The molecule has 1 unspecified atom stereocenters. The van der Waals surface area contributed by atoms with Gasteiger partial charge in [0, 0.05) is 25.6 Å². The molecule has 1 aromatic carbocycles. The SMILES string of the molecule is CN(CC1CCCOC1)c1nc(Cl)nc2ccccc12. The Hall–Kier alpha value is -1.39. The molecule has 1 fully saturated rings. The van der Waals surface area contributed by atoms with Crippen LogP contribution in [0.1, 0.15) is 12.8 Å². The molecule has 1 aliphatic rings. The van der Waals surface area contributed by atoms with Crippen molar-refractivity contribution >= 4 is 28.3 Å². The van der Waals surface area contributed by atoms with Gasteiger partial charge in [0.1, 0.15) is 5.82 Å². The van der Waals surface area contributed by atoms with E-state index in [0.717, 1.165) is 42.9 Å². The van der Waals surface area contributed by atoms with Gasteiger partial charge in [-0.25, -0.2) is 4.98 Å². The smallest absolute Gasteiger partial charge is 0.224 e. The Morgan fingerprint density at radius 2 is 2.20 bits per heavy atom. The van der Waals surface area contributed by atoms with Crippen molar-refractivity contribution in [1.29, 1.82) is 0 Å². The van der Waals surface area contributed by atoms with Crippen molar-refractivity contribution in [3.05, 3.63) is 29.5 Å². The highest BCUT2D eigenvalue weighted by Crippen LogP contribution is 2.26. The Labute approximate surface area is 123 Å². The first-order valence-corrected chi connectivity index (χ1v) is 7.33. The van der Waals surface area contributed by atoms with E-state index in [2.05, 4.69) is 21.9 Å². The second kappa shape index (κ2) is 5.94. The standard InChI is InChI=1S/C15H18ClN3O/c1-19(9-11-5-4-8-20-10-11)14-12-6-2-3-7-13(12)17-15(16)18-14/h2-3,6-7,11H,4-5,8-10H2,1H3. The molecule has 0 saturated carbocycles. The van der Waals surface area contributed by atoms with E-state index in [0.29, 0.717) is 11.2 Å². The zero-order valence-corrected chi connectivity index (χ0v) is 12.3. The van der Waals surface area contributed by atoms with Gasteiger partial charge in [-0.1, -0.05) is 12.1 Å². The Balaban J connectivity index is 1.88. The minimum atomic E-state index is 0.297. The van der Waals surface area contributed by atoms with E-state index >= 15 is 0 Å². The van der Waals surface area contributed by atoms with Crippen molar-refractivity contribution in [1.82, 2.24) is 9.97 Å². The molecule has 2 heterocycles. The molecule has 4 nitrogen and oxygen atoms in total. The second-order valence-electron chi connectivity index (χ2n) is 5.30. The van der Waals surface area contributed by atoms with E-state index in [-0.39, 0.29) is 0 Å². The molecule has 1 aliphatic heterocycles. The number of hydrogen-bond acceptors (Lipinski definition) is 4. The summed E-state index contributed by atoms with van der Waals surface area (Å²) in [5.41, 5.74) is 0.884. The highest BCUT2D eigenvalue weighted by Gasteiger charge is 2.18. The van der Waals surface area contributed by atoms with Crippen LogP contribution >= 0.6 is 11.6 Å². The van der Waals surface area contributed by atoms with E-state index in [1.54, 1.807) is 0 Å². The lowest BCUT2D eigenvalue weighted by Gasteiger charge is -2.28. The lowest BCUT2D eigenvalue weighted by Crippen LogP contribution is -2.31. The predicted octanol–water partition coefficient (Wildman–Crippen LogP) is 3.15. The fourth-order valence-corrected chi connectivity index (χ4v) is 2.92. The number of fused-ring (bicyclic) bond motifs is 1. The van der Waals surface area contributed by atoms with Crippen LogP contribution in [0.2, 0.25) is 5.28 Å². The van der Waals surface area contributed by atoms with Gasteiger partial charge >= 0.3 is 0 Å². The third kappa shape index (κ3) is 2.86. The Kier molecular flexibility index (Phi) is 4.03. The number of rotatable bonds is 3. The molecular weight excluding hydrogens is 274 g/mol. The fraction of sp³-hybridized carbons (Fsp3) is 0.467. The molecule has 0 N–H and O–H groups in total. The normalized spacial score (nSPS) is 19.2. The van der Waals surface area contributed by atoms with Crippen molar-refractivity contribution in [3.8, 4) is 0 Å². The van der Waals surface area contributed by atoms with Gasteiger partial charge in [0.15, 0.2) is 0 Å². The molecule has 1 aromatic heterocycles. The summed E-state index contributed by atoms with van der Waals surface area (Å²) in [5.74, 6) is 1.45. The zero-order valence-electron chi connectivity index (χ0n) is 11.6. The minimum absolute atomic E-state index is 0.297. The van der Waals surface area contributed by atoms with Gasteiger partial charge < -0.3 is 9.64 Å². The van der Waals surface area contributed by atoms with Gasteiger partial charge in [0.05, 0.1) is 12.1 Å². The first kappa shape index (κ1) is 13.6. The molecular formula is C15H18ClN3O. The number of aromatic nitrogens is 2. The molecule has 3 rings (SSSR count). The molecule has 106 valence electrons. The van der Waals surface area contributed by atoms with Crippen LogP contribution in [0.25, 0.3) is 10.9 Å². The van der Waals surface area contributed by atoms with E-state index in [1.165, 1.54) is 6.42 Å². The molecule has 0 aliphatic carbocycles. The van der Waals surface area contributed by atoms with Crippen molar-refractivity contribution in [3.63, 3.8) is 0 Å². The Bertz CT molecular complexity index is 599. The molecule has 5 heteroatoms. The molecule has 2 aromatic rings. The number of halogens is 1. The van der Waals surface area contributed by atoms with Gasteiger partial charge in [-0.2, -0.15) is 4.98 Å². The van der Waals surface area contributed by atoms with Crippen LogP contribution in [-0.2, 0) is 4.74 Å². The van der Waals surface area contributed by atoms with Crippen molar-refractivity contribution in [2.24, 2.45) is 5.92 Å². The number of hydrogen-bond donors (Lipinski definition) is 0. The van der Waals surface area contributed by atoms with Crippen LogP contribution in [-0.4, -0.2) is 36.8 Å². The van der Waals surface area contributed by atoms with E-state index in [4.69, 9.17) is 16.3 Å². The average Bonchev–Trinajstić information content (AvgIpc) is 2.47. The number of para-hydroxylation sites is 1. The number of ether oxygens (including phenoxy) is 1. The molecule has 1 saturated heterocycles. The summed E-state index contributed by atoms with van der Waals surface area (Å²) < 4.78 is 5.54. The molecule has 0 radical (unpaired) electrons. The zero-order chi connectivity index (χ0) is 13.9. The van der Waals surface area contributed by atoms with E-state index in [9.17, 15) is 0 Å². The molecule has 0 amide bonds. The topological polar surface area (TPSA) is 38.2 Å². The molecule has 0 spiro atoms. The Morgan fingerprint density at radius 1 is 1.35 bits per heavy atom. The van der Waals surface area contributed by atoms with E-state index < -0.39 is 0 Å². The van der Waals surface area contributed by atoms with Crippen LogP contribution in [0.3, 0.4) is 0 Å². The predicted molar refractivity (Wildman–Crippen MR) is 81.4 cm³/mol. The lowest BCUT2D eigenvalue weighted by molar-refractivity contribution is 0.0576. The van der Waals surface area contributed by atoms with Crippen LogP contribution in [0.15, 0.2) is 24.3 Å². The second-order valence-corrected chi connectivity index (χ2v) is 5.64. The van der Waals surface area contributed by atoms with Crippen LogP contribution in [0, 0.1) is 5.92 Å². The maximum Gasteiger partial charge on any atom is 0.224 e. The first-order chi connectivity index (χ1) is 9.74. The maximum absolute atomic E-state index is 6.04. The number of benzene rings is 1. The summed E-state index contributed by atoms with van der Waals surface area (Å²) in [6, 6.07) is 7.96. The largest absolute Gasteiger partial charge is 0.381 e. The average molecular weight is 292 g/mol. The Morgan fingerprint density at radius 3 is 3.00 bits per heavy atom. The lowest BCUT2D eigenvalue weighted by atomic mass is 10.0. The molecule has 20 heavy (non-hydrogen) atoms. The number of nitrogens with zero attached hydrogens (tertiary/aromatic N) is 3. The monoisotopic (exact) mass is 291 g/mol. The van der Waals surface area contributed by atoms with Gasteiger partial charge in [-0.3, -0.25) is 0 Å². The third-order valence-corrected chi connectivity index (χ3v) is 3.87. The summed E-state index contributed by atoms with van der Waals surface area (Å²) in [5, 5.41) is 1.33. The fourth-order valence-electron chi connectivity index (χ4n) is 2.75. The quantitative estimate of drug-likeness (QED) is 0.814. The highest BCUT2D eigenvalue weighted by molar-refractivity contribution is 6.28. The van der Waals surface area contributed by atoms with Crippen LogP contribution in [0.5, 0.6) is 0 Å². The summed E-state index contributed by atoms with van der Waals surface area (Å²) in [4.78, 5) is 10.8. The molecule has 0 bridgehead atoms. The minimum Gasteiger partial charge on any atom is -0.381 e. The summed E-state index contributed by atoms with van der Waals surface area (Å²) in [7, 11) is 2.06. The number of anilines is 1. The van der Waals surface area contributed by atoms with Gasteiger partial charge in [0.25, 0.3) is 0 Å². The van der Waals surface area contributed by atoms with Crippen LogP contribution < -0.4 is 4.90 Å². The van der Waals surface area contributed by atoms with Crippen molar-refractivity contribution in [2.45, 2.75) is 12.8 Å². The van der Waals surface area contributed by atoms with Gasteiger partial charge in [-0.15, -0.1) is 0 Å². The summed E-state index contributed by atoms with van der Waals surface area (Å²) >= 11 is 6.04. The van der Waals surface area contributed by atoms with Crippen LogP contribution in [0.4, 0.5) is 5.82 Å². The van der Waals surface area contributed by atoms with Gasteiger partial charge in [0.2, 0.25) is 5.28 Å². The van der Waals surface area contributed by atoms with E-state index in [1.807, 2.05) is 24.3 Å². The first-order valence-electron chi connectivity index (χ1n) is 6.95. The highest BCUT2D eigenvalue weighted by atomic mass is 35.5. The summed E-state index contributed by atoms with van der Waals surface area (Å²) in [6.07, 6.45) is 2.35. The summed E-state index contributed by atoms with van der Waals surface area (Å²) in [6.45, 7) is 2.65. The molecule has 1 atom stereocenters. The van der Waals surface area contributed by atoms with Crippen molar-refractivity contribution in [2.75, 3.05) is 31.7 Å². The van der Waals surface area contributed by atoms with Crippen molar-refractivity contribution < 1.29 is 4.74 Å². The maximum atomic E-state index is 6.04. The van der Waals surface area contributed by atoms with Gasteiger partial charge in [-0.05, 0) is 42.5 Å².